The van der Waals surface area contributed by atoms with E-state index in [-0.39, 0.29) is 62.9 Å². The molecule has 0 saturated heterocycles. The predicted octanol–water partition coefficient (Wildman–Crippen LogP) is 6.90. The zero-order chi connectivity index (χ0) is 82.8. The van der Waals surface area contributed by atoms with Crippen molar-refractivity contribution in [1.29, 1.82) is 0 Å². The van der Waals surface area contributed by atoms with E-state index in [1.165, 1.54) is 96.6 Å². The van der Waals surface area contributed by atoms with Crippen LogP contribution in [0.5, 0.6) is 0 Å². The predicted molar refractivity (Wildman–Crippen MR) is 405 cm³/mol. The molecule has 0 aromatic heterocycles. The molecule has 0 spiro atoms. The number of amides is 11. The Bertz CT molecular complexity index is 3000. The standard InChI is InChI=1S/C77H137N11O18/c1-33-36-37-49(15)63(104-53(19)89)62(67(94)80-54(34-2)69(96)82(26)52(18)74(101)105-76(20,21)22)87(31)73(100)60(47(12)13)86(30)71(98)57(42-45(8)9)85(29)70(97)56(41-44(6)7)84(28)68(95)51(17)79-64(91)50(16)78-65(92)55(40-43(4)5)83(27)72(99)59(46(10)11)81-66(93)61(48(14)38-39-58(90)103-35-3)88(32)75(102)106-77(23,24)25/h33,36,43-52,54-57,59-63H,34-35,37-42H2,1-32H3,(H,78,92)(H,79,91)(H,80,94)(H,81,93)/b36-33+/t48-,49-,50+,51-,52-,54+,55+,56+,57+,59+,60+,61+,62+,63-/m1/s1. The molecule has 0 aromatic rings. The van der Waals surface area contributed by atoms with Crippen molar-refractivity contribution >= 4 is 83.1 Å². The average Bonchev–Trinajstić information content (AvgIpc) is 0.796. The Morgan fingerprint density at radius 3 is 1.34 bits per heavy atom. The van der Waals surface area contributed by atoms with Gasteiger partial charge in [0.05, 0.1) is 6.61 Å². The molecule has 0 rings (SSSR count). The Morgan fingerprint density at radius 1 is 0.443 bits per heavy atom. The maximum Gasteiger partial charge on any atom is 0.410 e. The number of hydrogen-bond donors (Lipinski definition) is 4. The number of nitrogens with zero attached hydrogens (tertiary/aromatic N) is 7. The summed E-state index contributed by atoms with van der Waals surface area (Å²) in [5, 5.41) is 11.0. The molecule has 29 heteroatoms. The lowest BCUT2D eigenvalue weighted by atomic mass is 9.91. The maximum absolute atomic E-state index is 15.4. The zero-order valence-corrected chi connectivity index (χ0v) is 70.3. The number of carbonyl (C=O) groups is 14. The Kier molecular flexibility index (Phi) is 41.1. The third-order valence-corrected chi connectivity index (χ3v) is 18.4. The molecule has 4 N–H and O–H groups in total. The van der Waals surface area contributed by atoms with Crippen LogP contribution in [0.1, 0.15) is 218 Å². The normalized spacial score (nSPS) is 15.9. The van der Waals surface area contributed by atoms with Crippen molar-refractivity contribution in [3.63, 3.8) is 0 Å². The zero-order valence-electron chi connectivity index (χ0n) is 70.3. The molecule has 0 saturated carbocycles. The summed E-state index contributed by atoms with van der Waals surface area (Å²) < 4.78 is 22.2. The van der Waals surface area contributed by atoms with Gasteiger partial charge in [-0.2, -0.15) is 0 Å². The van der Waals surface area contributed by atoms with Crippen molar-refractivity contribution in [3.05, 3.63) is 12.2 Å². The van der Waals surface area contributed by atoms with Crippen LogP contribution < -0.4 is 21.3 Å². The van der Waals surface area contributed by atoms with E-state index >= 15 is 19.2 Å². The lowest BCUT2D eigenvalue weighted by Gasteiger charge is -2.42. The number of hydrogen-bond acceptors (Lipinski definition) is 18. The summed E-state index contributed by atoms with van der Waals surface area (Å²) in [5.74, 6) is -12.0. The first kappa shape index (κ1) is 98.1. The van der Waals surface area contributed by atoms with Crippen molar-refractivity contribution in [1.82, 2.24) is 55.6 Å². The van der Waals surface area contributed by atoms with Gasteiger partial charge in [0, 0.05) is 62.7 Å². The van der Waals surface area contributed by atoms with Crippen molar-refractivity contribution in [2.45, 2.75) is 302 Å². The second kappa shape index (κ2) is 44.4. The number of esters is 3. The summed E-state index contributed by atoms with van der Waals surface area (Å²) in [6, 6.07) is -13.9. The summed E-state index contributed by atoms with van der Waals surface area (Å²) in [7, 11) is 9.81. The van der Waals surface area contributed by atoms with E-state index in [9.17, 15) is 47.9 Å². The first-order chi connectivity index (χ1) is 48.6. The molecule has 608 valence electrons. The highest BCUT2D eigenvalue weighted by Crippen LogP contribution is 2.28. The number of nitrogens with one attached hydrogen (secondary N) is 4. The fourth-order valence-corrected chi connectivity index (χ4v) is 12.3. The number of ether oxygens (including phenoxy) is 4. The first-order valence-electron chi connectivity index (χ1n) is 37.5. The largest absolute Gasteiger partial charge is 0.466 e. The minimum Gasteiger partial charge on any atom is -0.466 e. The maximum atomic E-state index is 15.4. The van der Waals surface area contributed by atoms with Crippen LogP contribution in [0.4, 0.5) is 4.79 Å². The Hall–Kier alpha value is -7.88. The first-order valence-corrected chi connectivity index (χ1v) is 37.5. The van der Waals surface area contributed by atoms with Gasteiger partial charge in [-0.1, -0.05) is 102 Å². The Labute approximate surface area is 633 Å². The van der Waals surface area contributed by atoms with E-state index < -0.39 is 191 Å². The average molecular weight is 1510 g/mol. The molecule has 11 amide bonds. The van der Waals surface area contributed by atoms with Crippen molar-refractivity contribution < 1.29 is 86.1 Å². The van der Waals surface area contributed by atoms with Gasteiger partial charge in [0.15, 0.2) is 0 Å². The van der Waals surface area contributed by atoms with Crippen LogP contribution in [0.25, 0.3) is 0 Å². The molecule has 0 heterocycles. The van der Waals surface area contributed by atoms with Gasteiger partial charge >= 0.3 is 24.0 Å². The second-order valence-electron chi connectivity index (χ2n) is 32.3. The van der Waals surface area contributed by atoms with Crippen LogP contribution in [0.3, 0.4) is 0 Å². The molecule has 0 aromatic carbocycles. The number of carbonyl (C=O) groups excluding carboxylic acids is 14. The molecular formula is C77H137N11O18. The molecule has 0 fully saturated rings. The van der Waals surface area contributed by atoms with Crippen LogP contribution in [-0.4, -0.2) is 257 Å². The summed E-state index contributed by atoms with van der Waals surface area (Å²) in [6.45, 7) is 42.1. The third-order valence-electron chi connectivity index (χ3n) is 18.4. The van der Waals surface area contributed by atoms with Crippen LogP contribution in [0.15, 0.2) is 12.2 Å². The fraction of sp³-hybridized carbons (Fsp3) is 0.792. The summed E-state index contributed by atoms with van der Waals surface area (Å²) in [4.78, 5) is 208. The molecule has 0 aliphatic rings. The van der Waals surface area contributed by atoms with Gasteiger partial charge in [-0.05, 0) is 156 Å². The summed E-state index contributed by atoms with van der Waals surface area (Å²) >= 11 is 0. The number of rotatable bonds is 41. The molecule has 0 bridgehead atoms. The van der Waals surface area contributed by atoms with Gasteiger partial charge in [-0.25, -0.2) is 9.59 Å². The Balaban J connectivity index is 7.32. The fourth-order valence-electron chi connectivity index (χ4n) is 12.3. The van der Waals surface area contributed by atoms with E-state index in [0.29, 0.717) is 6.42 Å². The molecule has 14 atom stereocenters. The third kappa shape index (κ3) is 30.8. The lowest BCUT2D eigenvalue weighted by Crippen LogP contribution is -2.64. The highest BCUT2D eigenvalue weighted by molar-refractivity contribution is 5.99. The van der Waals surface area contributed by atoms with Crippen molar-refractivity contribution in [2.75, 3.05) is 55.9 Å². The van der Waals surface area contributed by atoms with Gasteiger partial charge < -0.3 is 69.6 Å². The minimum atomic E-state index is -1.60. The highest BCUT2D eigenvalue weighted by Gasteiger charge is 2.47. The van der Waals surface area contributed by atoms with Crippen LogP contribution in [-0.2, 0) is 81.3 Å². The minimum absolute atomic E-state index is 0.0464. The molecule has 0 aliphatic carbocycles. The van der Waals surface area contributed by atoms with Crippen LogP contribution in [0, 0.1) is 41.4 Å². The van der Waals surface area contributed by atoms with Crippen molar-refractivity contribution in [2.24, 2.45) is 41.4 Å². The molecule has 29 nitrogen and oxygen atoms in total. The lowest BCUT2D eigenvalue weighted by molar-refractivity contribution is -0.165. The smallest absolute Gasteiger partial charge is 0.410 e. The molecular weight excluding hydrogens is 1370 g/mol. The summed E-state index contributed by atoms with van der Waals surface area (Å²) in [5.41, 5.74) is -1.78. The topological polar surface area (TPSA) is 347 Å². The second-order valence-corrected chi connectivity index (χ2v) is 32.3. The monoisotopic (exact) mass is 1500 g/mol. The van der Waals surface area contributed by atoms with Crippen LogP contribution in [0.2, 0.25) is 0 Å². The van der Waals surface area contributed by atoms with Gasteiger partial charge in [0.1, 0.15) is 83.8 Å². The molecule has 0 aliphatic heterocycles. The van der Waals surface area contributed by atoms with Crippen LogP contribution >= 0.6 is 0 Å². The van der Waals surface area contributed by atoms with E-state index in [4.69, 9.17) is 18.9 Å². The van der Waals surface area contributed by atoms with E-state index in [1.54, 1.807) is 110 Å². The number of allylic oxidation sites excluding steroid dienone is 2. The van der Waals surface area contributed by atoms with Gasteiger partial charge in [0.25, 0.3) is 0 Å². The van der Waals surface area contributed by atoms with Gasteiger partial charge in [-0.15, -0.1) is 0 Å². The molecule has 106 heavy (non-hydrogen) atoms. The van der Waals surface area contributed by atoms with Crippen molar-refractivity contribution in [3.8, 4) is 0 Å². The van der Waals surface area contributed by atoms with E-state index in [0.717, 1.165) is 14.7 Å². The molecule has 0 unspecified atom stereocenters. The number of likely N-dealkylation sites (N-methyl/N-ethyl adjacent to an activating group) is 7. The molecule has 0 radical (unpaired) electrons. The highest BCUT2D eigenvalue weighted by atomic mass is 16.6. The SMILES string of the molecule is C/C=C/C[C@@H](C)[C@@H](OC(C)=O)[C@@H](C(=O)N[C@@H](CC)C(=O)N(C)[C@H](C)C(=O)OC(C)(C)C)N(C)C(=O)[C@H](C(C)C)N(C)C(=O)[C@H](CC(C)C)N(C)C(=O)[C@H](CC(C)C)N(C)C(=O)[C@@H](C)NC(=O)[C@H](C)NC(=O)[C@H](CC(C)C)N(C)C(=O)[C@@H](NC(=O)[C@H]([C@H](C)CCC(=O)OCC)N(C)C(=O)OC(C)(C)C)C(C)C. The quantitative estimate of drug-likeness (QED) is 0.0275. The summed E-state index contributed by atoms with van der Waals surface area (Å²) in [6.07, 6.45) is 2.21. The van der Waals surface area contributed by atoms with Gasteiger partial charge in [0.2, 0.25) is 59.1 Å². The van der Waals surface area contributed by atoms with Gasteiger partial charge in [-0.3, -0.25) is 62.4 Å². The Morgan fingerprint density at radius 2 is 0.896 bits per heavy atom. The van der Waals surface area contributed by atoms with E-state index in [2.05, 4.69) is 21.3 Å². The van der Waals surface area contributed by atoms with E-state index in [1.807, 2.05) is 47.6 Å².